The predicted molar refractivity (Wildman–Crippen MR) is 68.0 cm³/mol. The van der Waals surface area contributed by atoms with Crippen LogP contribution in [0.1, 0.15) is 46.5 Å². The highest BCUT2D eigenvalue weighted by molar-refractivity contribution is 5.12. The highest BCUT2D eigenvalue weighted by Crippen LogP contribution is 2.63. The van der Waals surface area contributed by atoms with Crippen LogP contribution in [0.4, 0.5) is 0 Å². The topological polar surface area (TPSA) is 47.9 Å². The number of hydrogen-bond acceptors (Lipinski definition) is 4. The van der Waals surface area contributed by atoms with Gasteiger partial charge in [0.15, 0.2) is 18.4 Å². The van der Waals surface area contributed by atoms with Crippen LogP contribution in [0.3, 0.4) is 0 Å². The Labute approximate surface area is 114 Å². The first-order chi connectivity index (χ1) is 8.96. The average molecular weight is 268 g/mol. The smallest absolute Gasteiger partial charge is 0.193 e. The van der Waals surface area contributed by atoms with E-state index in [1.54, 1.807) is 0 Å². The van der Waals surface area contributed by atoms with Gasteiger partial charge in [0.2, 0.25) is 0 Å². The fraction of sp³-hybridized carbons (Fsp3) is 1.00. The molecule has 2 bridgehead atoms. The van der Waals surface area contributed by atoms with Gasteiger partial charge in [-0.05, 0) is 38.0 Å². The SMILES string of the molecule is C[C@H]1[C@H](O)O[C@H]2O[C@]3(C)CC[C@@H]4[C@H](C)CC[C@@H]1[C@@]24O3. The van der Waals surface area contributed by atoms with E-state index >= 15 is 0 Å². The zero-order valence-corrected chi connectivity index (χ0v) is 12.0. The third kappa shape index (κ3) is 1.44. The fourth-order valence-corrected chi connectivity index (χ4v) is 5.15. The van der Waals surface area contributed by atoms with Crippen molar-refractivity contribution in [2.24, 2.45) is 23.7 Å². The minimum Gasteiger partial charge on any atom is -0.368 e. The molecule has 0 unspecified atom stereocenters. The highest BCUT2D eigenvalue weighted by Gasteiger charge is 2.71. The summed E-state index contributed by atoms with van der Waals surface area (Å²) in [5.41, 5.74) is -0.316. The summed E-state index contributed by atoms with van der Waals surface area (Å²) in [6, 6.07) is 0. The van der Waals surface area contributed by atoms with Crippen LogP contribution in [0.15, 0.2) is 0 Å². The summed E-state index contributed by atoms with van der Waals surface area (Å²) < 4.78 is 18.3. The summed E-state index contributed by atoms with van der Waals surface area (Å²) in [6.45, 7) is 6.43. The first-order valence-electron chi connectivity index (χ1n) is 7.68. The minimum atomic E-state index is -0.721. The van der Waals surface area contributed by atoms with E-state index in [0.29, 0.717) is 17.8 Å². The Hall–Kier alpha value is -0.160. The van der Waals surface area contributed by atoms with Crippen LogP contribution in [0, 0.1) is 23.7 Å². The van der Waals surface area contributed by atoms with Crippen LogP contribution in [0.2, 0.25) is 0 Å². The number of aliphatic hydroxyl groups is 1. The van der Waals surface area contributed by atoms with Crippen molar-refractivity contribution in [2.75, 3.05) is 0 Å². The zero-order chi connectivity index (χ0) is 13.4. The normalized spacial score (nSPS) is 63.8. The number of aliphatic hydroxyl groups excluding tert-OH is 1. The number of hydrogen-bond donors (Lipinski definition) is 1. The van der Waals surface area contributed by atoms with Gasteiger partial charge in [0.1, 0.15) is 5.60 Å². The van der Waals surface area contributed by atoms with E-state index in [9.17, 15) is 5.11 Å². The molecule has 3 saturated heterocycles. The second-order valence-corrected chi connectivity index (χ2v) is 7.23. The Balaban J connectivity index is 1.81. The lowest BCUT2D eigenvalue weighted by Gasteiger charge is -2.57. The van der Waals surface area contributed by atoms with Crippen LogP contribution in [0.25, 0.3) is 0 Å². The van der Waals surface area contributed by atoms with Crippen molar-refractivity contribution in [1.82, 2.24) is 0 Å². The Kier molecular flexibility index (Phi) is 2.47. The molecular formula is C15H24O4. The molecule has 1 spiro atoms. The summed E-state index contributed by atoms with van der Waals surface area (Å²) in [4.78, 5) is 0. The van der Waals surface area contributed by atoms with E-state index in [1.165, 1.54) is 6.42 Å². The number of rotatable bonds is 0. The molecule has 0 radical (unpaired) electrons. The molecular weight excluding hydrogens is 244 g/mol. The molecule has 19 heavy (non-hydrogen) atoms. The van der Waals surface area contributed by atoms with Gasteiger partial charge in [0.05, 0.1) is 0 Å². The minimum absolute atomic E-state index is 0.121. The van der Waals surface area contributed by atoms with Crippen LogP contribution >= 0.6 is 0 Å². The molecule has 4 nitrogen and oxygen atoms in total. The first-order valence-corrected chi connectivity index (χ1v) is 7.68. The van der Waals surface area contributed by atoms with Crippen molar-refractivity contribution in [1.29, 1.82) is 0 Å². The molecule has 3 aliphatic heterocycles. The maximum absolute atomic E-state index is 10.1. The van der Waals surface area contributed by atoms with E-state index < -0.39 is 12.1 Å². The molecule has 4 aliphatic rings. The second-order valence-electron chi connectivity index (χ2n) is 7.23. The van der Waals surface area contributed by atoms with Gasteiger partial charge in [0, 0.05) is 18.3 Å². The summed E-state index contributed by atoms with van der Waals surface area (Å²) in [6.07, 6.45) is 3.30. The molecule has 4 rings (SSSR count). The molecule has 1 aliphatic carbocycles. The quantitative estimate of drug-likeness (QED) is 0.732. The van der Waals surface area contributed by atoms with Crippen molar-refractivity contribution < 1.29 is 19.3 Å². The van der Waals surface area contributed by atoms with Gasteiger partial charge >= 0.3 is 0 Å². The van der Waals surface area contributed by atoms with E-state index in [-0.39, 0.29) is 17.8 Å². The van der Waals surface area contributed by atoms with Crippen molar-refractivity contribution in [3.8, 4) is 0 Å². The van der Waals surface area contributed by atoms with E-state index in [2.05, 4.69) is 13.8 Å². The lowest BCUT2D eigenvalue weighted by Crippen LogP contribution is -2.66. The van der Waals surface area contributed by atoms with Gasteiger partial charge in [0.25, 0.3) is 0 Å². The molecule has 1 N–H and O–H groups in total. The first kappa shape index (κ1) is 12.6. The fourth-order valence-electron chi connectivity index (χ4n) is 5.15. The van der Waals surface area contributed by atoms with Gasteiger partial charge in [-0.15, -0.1) is 0 Å². The maximum atomic E-state index is 10.1. The van der Waals surface area contributed by atoms with Gasteiger partial charge < -0.3 is 19.3 Å². The Morgan fingerprint density at radius 1 is 1.11 bits per heavy atom. The second kappa shape index (κ2) is 3.73. The third-order valence-corrected chi connectivity index (χ3v) is 6.15. The largest absolute Gasteiger partial charge is 0.368 e. The molecule has 0 aromatic rings. The standard InChI is InChI=1S/C15H24O4/c1-8-4-5-11-9(2)12(16)17-13-15(11)10(8)6-7-14(3,18-13)19-15/h8-13,16H,4-7H2,1-3H3/t8-,9-,10-,11+,12-,13+,14+,15-/m1/s1. The van der Waals surface area contributed by atoms with E-state index in [4.69, 9.17) is 14.2 Å². The predicted octanol–water partition coefficient (Wildman–Crippen LogP) is 2.26. The molecule has 0 aromatic carbocycles. The van der Waals surface area contributed by atoms with Gasteiger partial charge in [-0.3, -0.25) is 0 Å². The molecule has 108 valence electrons. The van der Waals surface area contributed by atoms with E-state index in [1.807, 2.05) is 6.92 Å². The molecule has 3 heterocycles. The highest BCUT2D eigenvalue weighted by atomic mass is 16.9. The molecule has 0 aromatic heterocycles. The molecule has 0 amide bonds. The maximum Gasteiger partial charge on any atom is 0.193 e. The number of fused-ring (bicyclic) bond motifs is 1. The van der Waals surface area contributed by atoms with Gasteiger partial charge in [-0.2, -0.15) is 0 Å². The Morgan fingerprint density at radius 3 is 2.68 bits per heavy atom. The van der Waals surface area contributed by atoms with Crippen molar-refractivity contribution in [3.63, 3.8) is 0 Å². The van der Waals surface area contributed by atoms with Crippen LogP contribution in [-0.2, 0) is 14.2 Å². The lowest BCUT2D eigenvalue weighted by molar-refractivity contribution is -0.326. The third-order valence-electron chi connectivity index (χ3n) is 6.15. The zero-order valence-electron chi connectivity index (χ0n) is 12.0. The van der Waals surface area contributed by atoms with Crippen LogP contribution < -0.4 is 0 Å². The van der Waals surface area contributed by atoms with Crippen LogP contribution in [0.5, 0.6) is 0 Å². The summed E-state index contributed by atoms with van der Waals surface area (Å²) in [7, 11) is 0. The monoisotopic (exact) mass is 268 g/mol. The van der Waals surface area contributed by atoms with Crippen LogP contribution in [-0.4, -0.2) is 29.1 Å². The Bertz CT molecular complexity index is 400. The lowest BCUT2D eigenvalue weighted by atomic mass is 9.57. The summed E-state index contributed by atoms with van der Waals surface area (Å²) in [5, 5.41) is 10.1. The van der Waals surface area contributed by atoms with Gasteiger partial charge in [-0.25, -0.2) is 0 Å². The number of ether oxygens (including phenoxy) is 3. The van der Waals surface area contributed by atoms with E-state index in [0.717, 1.165) is 19.3 Å². The molecule has 1 saturated carbocycles. The Morgan fingerprint density at radius 2 is 1.89 bits per heavy atom. The van der Waals surface area contributed by atoms with Gasteiger partial charge in [-0.1, -0.05) is 13.8 Å². The molecule has 4 fully saturated rings. The summed E-state index contributed by atoms with van der Waals surface area (Å²) in [5.74, 6) is 1.11. The molecule has 4 heteroatoms. The van der Waals surface area contributed by atoms with Crippen molar-refractivity contribution >= 4 is 0 Å². The van der Waals surface area contributed by atoms with Crippen molar-refractivity contribution in [2.45, 2.75) is 70.4 Å². The summed E-state index contributed by atoms with van der Waals surface area (Å²) >= 11 is 0. The van der Waals surface area contributed by atoms with Crippen molar-refractivity contribution in [3.05, 3.63) is 0 Å². The molecule has 8 atom stereocenters. The average Bonchev–Trinajstić information content (AvgIpc) is 2.56.